The molecule has 0 aliphatic rings. The van der Waals surface area contributed by atoms with Crippen LogP contribution in [0, 0.1) is 0 Å². The summed E-state index contributed by atoms with van der Waals surface area (Å²) in [6.07, 6.45) is 2.80. The van der Waals surface area contributed by atoms with Crippen molar-refractivity contribution in [3.63, 3.8) is 0 Å². The van der Waals surface area contributed by atoms with Crippen LogP contribution >= 0.6 is 0 Å². The number of hydrogen-bond acceptors (Lipinski definition) is 2. The van der Waals surface area contributed by atoms with Crippen LogP contribution in [0.15, 0.2) is 30.3 Å². The third kappa shape index (κ3) is 6.94. The maximum Gasteiger partial charge on any atom is 0.314 e. The van der Waals surface area contributed by atoms with Gasteiger partial charge in [-0.05, 0) is 37.2 Å². The summed E-state index contributed by atoms with van der Waals surface area (Å²) in [6, 6.07) is 10.5. The number of hydrogen-bond donors (Lipinski definition) is 2. The van der Waals surface area contributed by atoms with Crippen LogP contribution in [0.1, 0.15) is 45.6 Å². The fraction of sp³-hybridized carbons (Fsp3) is 0.611. The Morgan fingerprint density at radius 3 is 2.55 bits per heavy atom. The Labute approximate surface area is 134 Å². The number of unbranched alkanes of at least 4 members (excludes halogenated alkanes) is 1. The monoisotopic (exact) mass is 306 g/mol. The highest BCUT2D eigenvalue weighted by molar-refractivity contribution is 5.74. The molecule has 1 aromatic rings. The van der Waals surface area contributed by atoms with E-state index in [2.05, 4.69) is 55.7 Å². The zero-order chi connectivity index (χ0) is 16.4. The van der Waals surface area contributed by atoms with E-state index < -0.39 is 0 Å². The average molecular weight is 306 g/mol. The Bertz CT molecular complexity index is 432. The van der Waals surface area contributed by atoms with Gasteiger partial charge in [-0.2, -0.15) is 0 Å². The minimum Gasteiger partial charge on any atom is -0.385 e. The zero-order valence-corrected chi connectivity index (χ0v) is 14.3. The third-order valence-corrected chi connectivity index (χ3v) is 3.81. The van der Waals surface area contributed by atoms with Crippen molar-refractivity contribution in [3.8, 4) is 0 Å². The van der Waals surface area contributed by atoms with Crippen LogP contribution in [0.2, 0.25) is 0 Å². The van der Waals surface area contributed by atoms with E-state index >= 15 is 0 Å². The van der Waals surface area contributed by atoms with Gasteiger partial charge < -0.3 is 15.4 Å². The number of benzene rings is 1. The van der Waals surface area contributed by atoms with Gasteiger partial charge in [-0.25, -0.2) is 4.79 Å². The first kappa shape index (κ1) is 18.5. The third-order valence-electron chi connectivity index (χ3n) is 3.81. The van der Waals surface area contributed by atoms with Gasteiger partial charge in [0, 0.05) is 26.3 Å². The lowest BCUT2D eigenvalue weighted by Gasteiger charge is -2.29. The lowest BCUT2D eigenvalue weighted by Crippen LogP contribution is -2.43. The molecular weight excluding hydrogens is 276 g/mol. The summed E-state index contributed by atoms with van der Waals surface area (Å²) in [5.74, 6) is 0. The highest BCUT2D eigenvalue weighted by atomic mass is 16.5. The first-order chi connectivity index (χ1) is 10.5. The van der Waals surface area contributed by atoms with E-state index in [0.29, 0.717) is 6.54 Å². The van der Waals surface area contributed by atoms with Crippen LogP contribution in [-0.2, 0) is 10.2 Å². The topological polar surface area (TPSA) is 50.4 Å². The smallest absolute Gasteiger partial charge is 0.314 e. The van der Waals surface area contributed by atoms with Gasteiger partial charge in [-0.1, -0.05) is 44.2 Å². The van der Waals surface area contributed by atoms with Crippen molar-refractivity contribution < 1.29 is 9.53 Å². The van der Waals surface area contributed by atoms with Gasteiger partial charge in [-0.15, -0.1) is 0 Å². The number of methoxy groups -OCH3 is 1. The van der Waals surface area contributed by atoms with E-state index in [1.165, 1.54) is 5.56 Å². The largest absolute Gasteiger partial charge is 0.385 e. The fourth-order valence-electron chi connectivity index (χ4n) is 2.67. The molecule has 0 heterocycles. The molecule has 0 radical (unpaired) electrons. The lowest BCUT2D eigenvalue weighted by atomic mass is 9.79. The number of ether oxygens (including phenoxy) is 1. The van der Waals surface area contributed by atoms with Crippen molar-refractivity contribution in [3.05, 3.63) is 35.9 Å². The Hall–Kier alpha value is -1.55. The van der Waals surface area contributed by atoms with Crippen LogP contribution in [-0.4, -0.2) is 32.3 Å². The van der Waals surface area contributed by atoms with Crippen LogP contribution in [0.3, 0.4) is 0 Å². The summed E-state index contributed by atoms with van der Waals surface area (Å²) in [6.45, 7) is 7.90. The predicted molar refractivity (Wildman–Crippen MR) is 91.2 cm³/mol. The summed E-state index contributed by atoms with van der Waals surface area (Å²) in [5, 5.41) is 5.91. The van der Waals surface area contributed by atoms with E-state index in [9.17, 15) is 4.79 Å². The second kappa shape index (κ2) is 9.46. The first-order valence-corrected chi connectivity index (χ1v) is 8.04. The quantitative estimate of drug-likeness (QED) is 0.686. The standard InChI is InChI=1S/C18H30N2O2/c1-15(20-17(21)19-12-8-9-13-22-4)14-18(2,3)16-10-6-5-7-11-16/h5-7,10-11,15H,8-9,12-14H2,1-4H3,(H2,19,20,21). The summed E-state index contributed by atoms with van der Waals surface area (Å²) in [7, 11) is 1.69. The molecule has 0 fully saturated rings. The molecule has 0 bridgehead atoms. The van der Waals surface area contributed by atoms with E-state index in [0.717, 1.165) is 25.9 Å². The summed E-state index contributed by atoms with van der Waals surface area (Å²) < 4.78 is 4.98. The molecule has 22 heavy (non-hydrogen) atoms. The molecular formula is C18H30N2O2. The Morgan fingerprint density at radius 2 is 1.91 bits per heavy atom. The van der Waals surface area contributed by atoms with E-state index in [1.807, 2.05) is 6.07 Å². The number of nitrogens with one attached hydrogen (secondary N) is 2. The maximum absolute atomic E-state index is 11.9. The number of rotatable bonds is 9. The number of carbonyl (C=O) groups is 1. The van der Waals surface area contributed by atoms with Crippen LogP contribution in [0.5, 0.6) is 0 Å². The van der Waals surface area contributed by atoms with Crippen molar-refractivity contribution in [2.24, 2.45) is 0 Å². The molecule has 4 nitrogen and oxygen atoms in total. The second-order valence-electron chi connectivity index (χ2n) is 6.46. The molecule has 0 aliphatic heterocycles. The van der Waals surface area contributed by atoms with Crippen molar-refractivity contribution >= 4 is 6.03 Å². The Kier molecular flexibility index (Phi) is 7.96. The van der Waals surface area contributed by atoms with E-state index in [4.69, 9.17) is 4.74 Å². The van der Waals surface area contributed by atoms with Gasteiger partial charge in [0.1, 0.15) is 0 Å². The Morgan fingerprint density at radius 1 is 1.23 bits per heavy atom. The highest BCUT2D eigenvalue weighted by Gasteiger charge is 2.23. The van der Waals surface area contributed by atoms with Gasteiger partial charge in [0.2, 0.25) is 0 Å². The SMILES string of the molecule is COCCCCNC(=O)NC(C)CC(C)(C)c1ccccc1. The fourth-order valence-corrected chi connectivity index (χ4v) is 2.67. The predicted octanol–water partition coefficient (Wildman–Crippen LogP) is 3.47. The molecule has 0 aliphatic carbocycles. The van der Waals surface area contributed by atoms with Gasteiger partial charge in [-0.3, -0.25) is 0 Å². The second-order valence-corrected chi connectivity index (χ2v) is 6.46. The van der Waals surface area contributed by atoms with E-state index in [-0.39, 0.29) is 17.5 Å². The first-order valence-electron chi connectivity index (χ1n) is 8.04. The van der Waals surface area contributed by atoms with Crippen molar-refractivity contribution in [1.82, 2.24) is 10.6 Å². The summed E-state index contributed by atoms with van der Waals surface area (Å²) in [5.41, 5.74) is 1.33. The minimum absolute atomic E-state index is 0.0341. The molecule has 0 saturated heterocycles. The molecule has 1 aromatic carbocycles. The lowest BCUT2D eigenvalue weighted by molar-refractivity contribution is 0.192. The normalized spacial score (nSPS) is 12.7. The van der Waals surface area contributed by atoms with Gasteiger partial charge >= 0.3 is 6.03 Å². The molecule has 0 spiro atoms. The van der Waals surface area contributed by atoms with E-state index in [1.54, 1.807) is 7.11 Å². The molecule has 1 unspecified atom stereocenters. The molecule has 0 aromatic heterocycles. The zero-order valence-electron chi connectivity index (χ0n) is 14.3. The summed E-state index contributed by atoms with van der Waals surface area (Å²) >= 11 is 0. The molecule has 4 heteroatoms. The molecule has 2 amide bonds. The number of carbonyl (C=O) groups excluding carboxylic acids is 1. The number of amides is 2. The number of urea groups is 1. The minimum atomic E-state index is -0.0891. The van der Waals surface area contributed by atoms with Crippen LogP contribution in [0.4, 0.5) is 4.79 Å². The average Bonchev–Trinajstić information content (AvgIpc) is 2.47. The van der Waals surface area contributed by atoms with Crippen molar-refractivity contribution in [2.45, 2.75) is 51.5 Å². The molecule has 124 valence electrons. The van der Waals surface area contributed by atoms with Gasteiger partial charge in [0.25, 0.3) is 0 Å². The van der Waals surface area contributed by atoms with Crippen LogP contribution < -0.4 is 10.6 Å². The maximum atomic E-state index is 11.9. The van der Waals surface area contributed by atoms with Gasteiger partial charge in [0.15, 0.2) is 0 Å². The van der Waals surface area contributed by atoms with Gasteiger partial charge in [0.05, 0.1) is 0 Å². The highest BCUT2D eigenvalue weighted by Crippen LogP contribution is 2.27. The van der Waals surface area contributed by atoms with Crippen LogP contribution in [0.25, 0.3) is 0 Å². The molecule has 1 rings (SSSR count). The molecule has 0 saturated carbocycles. The molecule has 2 N–H and O–H groups in total. The summed E-state index contributed by atoms with van der Waals surface area (Å²) in [4.78, 5) is 11.9. The Balaban J connectivity index is 2.33. The van der Waals surface area contributed by atoms with Crippen molar-refractivity contribution in [1.29, 1.82) is 0 Å². The molecule has 1 atom stereocenters. The van der Waals surface area contributed by atoms with Crippen molar-refractivity contribution in [2.75, 3.05) is 20.3 Å².